The van der Waals surface area contributed by atoms with Gasteiger partial charge < -0.3 is 25.6 Å². The van der Waals surface area contributed by atoms with Crippen LogP contribution in [0.25, 0.3) is 0 Å². The van der Waals surface area contributed by atoms with E-state index in [-0.39, 0.29) is 19.0 Å². The predicted octanol–water partition coefficient (Wildman–Crippen LogP) is 2.37. The van der Waals surface area contributed by atoms with Crippen LogP contribution in [0.15, 0.2) is 48.5 Å². The second-order valence-electron chi connectivity index (χ2n) is 7.50. The van der Waals surface area contributed by atoms with Crippen LogP contribution in [-0.4, -0.2) is 44.1 Å². The number of carbonyl (C=O) groups excluding carboxylic acids is 2. The molecule has 2 aliphatic heterocycles. The number of anilines is 3. The van der Waals surface area contributed by atoms with Crippen molar-refractivity contribution in [3.63, 3.8) is 0 Å². The van der Waals surface area contributed by atoms with Gasteiger partial charge in [-0.15, -0.1) is 0 Å². The first-order valence-corrected chi connectivity index (χ1v) is 10.0. The highest BCUT2D eigenvalue weighted by Crippen LogP contribution is 2.32. The maximum atomic E-state index is 12.6. The van der Waals surface area contributed by atoms with Gasteiger partial charge in [0.1, 0.15) is 5.75 Å². The molecule has 2 aromatic rings. The number of piperidine rings is 1. The first-order valence-electron chi connectivity index (χ1n) is 10.0. The molecule has 2 heterocycles. The molecule has 2 aromatic carbocycles. The fourth-order valence-electron chi connectivity index (χ4n) is 3.89. The zero-order valence-corrected chi connectivity index (χ0v) is 16.3. The summed E-state index contributed by atoms with van der Waals surface area (Å²) in [4.78, 5) is 28.5. The van der Waals surface area contributed by atoms with Crippen LogP contribution in [0.1, 0.15) is 19.3 Å². The largest absolute Gasteiger partial charge is 0.477 e. The molecule has 0 spiro atoms. The lowest BCUT2D eigenvalue weighted by Crippen LogP contribution is -2.49. The number of primary amides is 1. The van der Waals surface area contributed by atoms with Crippen molar-refractivity contribution in [3.05, 3.63) is 48.5 Å². The van der Waals surface area contributed by atoms with Gasteiger partial charge in [0.25, 0.3) is 5.91 Å². The molecule has 1 saturated heterocycles. The van der Waals surface area contributed by atoms with Crippen LogP contribution in [0.2, 0.25) is 0 Å². The van der Waals surface area contributed by atoms with Gasteiger partial charge in [0.05, 0.1) is 18.8 Å². The fourth-order valence-corrected chi connectivity index (χ4v) is 3.89. The number of hydrogen-bond donors (Lipinski definition) is 2. The summed E-state index contributed by atoms with van der Waals surface area (Å²) in [5, 5.41) is 2.94. The monoisotopic (exact) mass is 394 g/mol. The van der Waals surface area contributed by atoms with Gasteiger partial charge in [-0.2, -0.15) is 0 Å². The van der Waals surface area contributed by atoms with Crippen LogP contribution in [0.3, 0.4) is 0 Å². The van der Waals surface area contributed by atoms with Crippen molar-refractivity contribution in [2.24, 2.45) is 5.73 Å². The van der Waals surface area contributed by atoms with Crippen molar-refractivity contribution in [1.82, 2.24) is 0 Å². The predicted molar refractivity (Wildman–Crippen MR) is 113 cm³/mol. The Labute approximate surface area is 170 Å². The first kappa shape index (κ1) is 19.1. The van der Waals surface area contributed by atoms with Gasteiger partial charge in [-0.05, 0) is 55.7 Å². The van der Waals surface area contributed by atoms with Gasteiger partial charge in [-0.25, -0.2) is 0 Å². The number of nitrogens with zero attached hydrogens (tertiary/aromatic N) is 2. The molecule has 29 heavy (non-hydrogen) atoms. The summed E-state index contributed by atoms with van der Waals surface area (Å²) in [6, 6.07) is 15.3. The minimum atomic E-state index is -0.776. The second-order valence-corrected chi connectivity index (χ2v) is 7.50. The Morgan fingerprint density at radius 2 is 1.76 bits per heavy atom. The highest BCUT2D eigenvalue weighted by Gasteiger charge is 2.30. The van der Waals surface area contributed by atoms with E-state index in [2.05, 4.69) is 10.2 Å². The molecule has 2 amide bonds. The minimum absolute atomic E-state index is 0.109. The van der Waals surface area contributed by atoms with Crippen LogP contribution in [0.5, 0.6) is 5.75 Å². The van der Waals surface area contributed by atoms with Crippen molar-refractivity contribution >= 4 is 28.9 Å². The highest BCUT2D eigenvalue weighted by atomic mass is 16.5. The lowest BCUT2D eigenvalue weighted by Gasteiger charge is -2.34. The number of hydrogen-bond acceptors (Lipinski definition) is 5. The topological polar surface area (TPSA) is 87.9 Å². The molecule has 0 radical (unpaired) electrons. The Hall–Kier alpha value is -3.22. The first-order chi connectivity index (χ1) is 14.1. The van der Waals surface area contributed by atoms with Crippen LogP contribution in [0, 0.1) is 0 Å². The van der Waals surface area contributed by atoms with E-state index < -0.39 is 12.0 Å². The number of nitrogens with two attached hydrogens (primary N) is 1. The molecule has 7 nitrogen and oxygen atoms in total. The Morgan fingerprint density at radius 3 is 2.48 bits per heavy atom. The lowest BCUT2D eigenvalue weighted by atomic mass is 10.1. The molecular formula is C22H26N4O3. The van der Waals surface area contributed by atoms with E-state index in [9.17, 15) is 9.59 Å². The molecule has 1 fully saturated rings. The van der Waals surface area contributed by atoms with Gasteiger partial charge in [0.2, 0.25) is 5.91 Å². The minimum Gasteiger partial charge on any atom is -0.477 e. The number of fused-ring (bicyclic) bond motifs is 1. The third-order valence-corrected chi connectivity index (χ3v) is 5.39. The normalized spacial score (nSPS) is 18.6. The molecule has 3 N–H and O–H groups in total. The van der Waals surface area contributed by atoms with Crippen LogP contribution < -0.4 is 25.6 Å². The number of ether oxygens (including phenoxy) is 1. The van der Waals surface area contributed by atoms with Crippen molar-refractivity contribution in [1.29, 1.82) is 0 Å². The average molecular weight is 394 g/mol. The molecule has 1 unspecified atom stereocenters. The summed E-state index contributed by atoms with van der Waals surface area (Å²) in [5.41, 5.74) is 8.14. The quantitative estimate of drug-likeness (QED) is 0.813. The Kier molecular flexibility index (Phi) is 5.55. The lowest BCUT2D eigenvalue weighted by molar-refractivity contribution is -0.125. The van der Waals surface area contributed by atoms with E-state index >= 15 is 0 Å². The van der Waals surface area contributed by atoms with Crippen molar-refractivity contribution in [2.75, 3.05) is 41.3 Å². The van der Waals surface area contributed by atoms with Crippen LogP contribution in [-0.2, 0) is 9.59 Å². The van der Waals surface area contributed by atoms with Crippen molar-refractivity contribution < 1.29 is 14.3 Å². The Bertz CT molecular complexity index is 878. The molecule has 0 bridgehead atoms. The van der Waals surface area contributed by atoms with Gasteiger partial charge in [0, 0.05) is 24.5 Å². The average Bonchev–Trinajstić information content (AvgIpc) is 2.74. The van der Waals surface area contributed by atoms with E-state index in [1.165, 1.54) is 24.9 Å². The standard InChI is InChI=1S/C22H26N4O3/c23-22(28)20-14-26(18-6-2-3-7-19(18)29-20)15-21(27)24-16-8-10-17(11-9-16)25-12-4-1-5-13-25/h2-3,6-11,20H,1,4-5,12-15H2,(H2,23,28)(H,24,27). The van der Waals surface area contributed by atoms with E-state index in [1.807, 2.05) is 47.4 Å². The van der Waals surface area contributed by atoms with Gasteiger partial charge in [0.15, 0.2) is 6.10 Å². The number of carbonyl (C=O) groups is 2. The number of para-hydroxylation sites is 2. The SMILES string of the molecule is NC(=O)C1CN(CC(=O)Nc2ccc(N3CCCCC3)cc2)c2ccccc2O1. The Morgan fingerprint density at radius 1 is 1.03 bits per heavy atom. The van der Waals surface area contributed by atoms with Gasteiger partial charge in [-0.3, -0.25) is 9.59 Å². The van der Waals surface area contributed by atoms with E-state index in [4.69, 9.17) is 10.5 Å². The van der Waals surface area contributed by atoms with Crippen LogP contribution >= 0.6 is 0 Å². The van der Waals surface area contributed by atoms with Gasteiger partial charge in [-0.1, -0.05) is 12.1 Å². The third-order valence-electron chi connectivity index (χ3n) is 5.39. The summed E-state index contributed by atoms with van der Waals surface area (Å²) < 4.78 is 5.64. The summed E-state index contributed by atoms with van der Waals surface area (Å²) in [7, 11) is 0. The van der Waals surface area contributed by atoms with Crippen LogP contribution in [0.4, 0.5) is 17.1 Å². The fraction of sp³-hybridized carbons (Fsp3) is 0.364. The number of nitrogens with one attached hydrogen (secondary N) is 1. The maximum absolute atomic E-state index is 12.6. The highest BCUT2D eigenvalue weighted by molar-refractivity contribution is 5.95. The summed E-state index contributed by atoms with van der Waals surface area (Å²) in [6.07, 6.45) is 2.98. The number of benzene rings is 2. The smallest absolute Gasteiger partial charge is 0.260 e. The zero-order chi connectivity index (χ0) is 20.2. The molecule has 4 rings (SSSR count). The molecule has 7 heteroatoms. The second kappa shape index (κ2) is 8.43. The third kappa shape index (κ3) is 4.45. The Balaban J connectivity index is 1.40. The number of amides is 2. The van der Waals surface area contributed by atoms with Crippen molar-refractivity contribution in [3.8, 4) is 5.75 Å². The summed E-state index contributed by atoms with van der Waals surface area (Å²) >= 11 is 0. The van der Waals surface area contributed by atoms with Crippen molar-refractivity contribution in [2.45, 2.75) is 25.4 Å². The molecule has 152 valence electrons. The summed E-state index contributed by atoms with van der Waals surface area (Å²) in [5.74, 6) is -0.143. The van der Waals surface area contributed by atoms with Gasteiger partial charge >= 0.3 is 0 Å². The number of rotatable bonds is 5. The molecular weight excluding hydrogens is 368 g/mol. The molecule has 0 aromatic heterocycles. The molecule has 0 saturated carbocycles. The maximum Gasteiger partial charge on any atom is 0.260 e. The molecule has 1 atom stereocenters. The van der Waals surface area contributed by atoms with E-state index in [0.717, 1.165) is 24.5 Å². The van der Waals surface area contributed by atoms with E-state index in [0.29, 0.717) is 5.75 Å². The molecule has 0 aliphatic carbocycles. The summed E-state index contributed by atoms with van der Waals surface area (Å²) in [6.45, 7) is 2.53. The van der Waals surface area contributed by atoms with E-state index in [1.54, 1.807) is 6.07 Å². The zero-order valence-electron chi connectivity index (χ0n) is 16.3. The molecule has 2 aliphatic rings.